The Hall–Kier alpha value is -3.40. The Morgan fingerprint density at radius 3 is 2.35 bits per heavy atom. The Morgan fingerprint density at radius 1 is 1.03 bits per heavy atom. The molecule has 0 spiro atoms. The number of carbonyl (C=O) groups excluding carboxylic acids is 4. The normalized spacial score (nSPS) is 10.5. The summed E-state index contributed by atoms with van der Waals surface area (Å²) in [7, 11) is 1.56. The number of esters is 2. The maximum Gasteiger partial charge on any atom is 0.341 e. The lowest BCUT2D eigenvalue weighted by atomic mass is 10.0. The van der Waals surface area contributed by atoms with Crippen molar-refractivity contribution in [1.82, 2.24) is 5.32 Å². The molecule has 1 aromatic carbocycles. The van der Waals surface area contributed by atoms with Crippen LogP contribution in [0.4, 0.5) is 5.00 Å². The SMILES string of the molecule is CCOC(=O)c1c(-c2ccc(OC)cc2)csc1NC(=O)COC(=O)CNC(=O)CCC(C)C. The summed E-state index contributed by atoms with van der Waals surface area (Å²) in [6, 6.07) is 7.13. The molecule has 0 atom stereocenters. The highest BCUT2D eigenvalue weighted by molar-refractivity contribution is 7.15. The van der Waals surface area contributed by atoms with Crippen LogP contribution in [0.1, 0.15) is 44.0 Å². The van der Waals surface area contributed by atoms with E-state index in [2.05, 4.69) is 10.6 Å². The lowest BCUT2D eigenvalue weighted by Crippen LogP contribution is -2.32. The largest absolute Gasteiger partial charge is 0.497 e. The summed E-state index contributed by atoms with van der Waals surface area (Å²) in [6.45, 7) is 4.99. The Labute approximate surface area is 202 Å². The molecule has 10 heteroatoms. The molecule has 0 saturated carbocycles. The van der Waals surface area contributed by atoms with Gasteiger partial charge in [0.15, 0.2) is 6.61 Å². The second-order valence-corrected chi connectivity index (χ2v) is 8.60. The molecule has 0 aliphatic rings. The molecule has 0 aliphatic heterocycles. The molecule has 2 aromatic rings. The van der Waals surface area contributed by atoms with Gasteiger partial charge < -0.3 is 24.8 Å². The summed E-state index contributed by atoms with van der Waals surface area (Å²) in [6.07, 6.45) is 1.03. The quantitative estimate of drug-likeness (QED) is 0.436. The maximum atomic E-state index is 12.6. The van der Waals surface area contributed by atoms with E-state index >= 15 is 0 Å². The van der Waals surface area contributed by atoms with Crippen molar-refractivity contribution in [2.24, 2.45) is 5.92 Å². The Morgan fingerprint density at radius 2 is 1.74 bits per heavy atom. The van der Waals surface area contributed by atoms with Gasteiger partial charge in [0.25, 0.3) is 5.91 Å². The van der Waals surface area contributed by atoms with Crippen LogP contribution in [-0.4, -0.2) is 50.6 Å². The third-order valence-electron chi connectivity index (χ3n) is 4.67. The first-order chi connectivity index (χ1) is 16.2. The average molecular weight is 491 g/mol. The fourth-order valence-corrected chi connectivity index (χ4v) is 3.85. The number of nitrogens with one attached hydrogen (secondary N) is 2. The maximum absolute atomic E-state index is 12.6. The van der Waals surface area contributed by atoms with E-state index in [1.54, 1.807) is 43.7 Å². The minimum atomic E-state index is -0.733. The third kappa shape index (κ3) is 8.18. The van der Waals surface area contributed by atoms with E-state index in [0.29, 0.717) is 30.1 Å². The fourth-order valence-electron chi connectivity index (χ4n) is 2.88. The van der Waals surface area contributed by atoms with Crippen LogP contribution in [0.3, 0.4) is 0 Å². The van der Waals surface area contributed by atoms with Crippen LogP contribution in [0.15, 0.2) is 29.6 Å². The second kappa shape index (κ2) is 13.3. The van der Waals surface area contributed by atoms with Crippen LogP contribution in [-0.2, 0) is 23.9 Å². The molecule has 0 saturated heterocycles. The number of anilines is 1. The van der Waals surface area contributed by atoms with Gasteiger partial charge in [-0.1, -0.05) is 26.0 Å². The van der Waals surface area contributed by atoms with Crippen LogP contribution < -0.4 is 15.4 Å². The number of hydrogen-bond donors (Lipinski definition) is 2. The Balaban J connectivity index is 2.00. The van der Waals surface area contributed by atoms with Crippen LogP contribution in [0.5, 0.6) is 5.75 Å². The highest BCUT2D eigenvalue weighted by Gasteiger charge is 2.23. The molecular weight excluding hydrogens is 460 g/mol. The molecule has 2 rings (SSSR count). The number of carbonyl (C=O) groups is 4. The molecule has 0 unspecified atom stereocenters. The van der Waals surface area contributed by atoms with Gasteiger partial charge in [-0.15, -0.1) is 11.3 Å². The molecule has 184 valence electrons. The van der Waals surface area contributed by atoms with Crippen LogP contribution >= 0.6 is 11.3 Å². The van der Waals surface area contributed by atoms with Gasteiger partial charge in [-0.25, -0.2) is 4.79 Å². The van der Waals surface area contributed by atoms with Crippen molar-refractivity contribution in [3.05, 3.63) is 35.2 Å². The van der Waals surface area contributed by atoms with Gasteiger partial charge in [0.1, 0.15) is 22.9 Å². The van der Waals surface area contributed by atoms with Crippen molar-refractivity contribution in [3.63, 3.8) is 0 Å². The highest BCUT2D eigenvalue weighted by atomic mass is 32.1. The summed E-state index contributed by atoms with van der Waals surface area (Å²) in [4.78, 5) is 48.5. The summed E-state index contributed by atoms with van der Waals surface area (Å²) < 4.78 is 15.3. The molecule has 1 heterocycles. The lowest BCUT2D eigenvalue weighted by Gasteiger charge is -2.10. The van der Waals surface area contributed by atoms with Crippen molar-refractivity contribution in [3.8, 4) is 16.9 Å². The van der Waals surface area contributed by atoms with Crippen molar-refractivity contribution < 1.29 is 33.4 Å². The number of benzene rings is 1. The standard InChI is InChI=1S/C24H30N2O7S/c1-5-32-24(30)22-18(16-7-9-17(31-4)10-8-16)14-34-23(22)26-20(28)13-33-21(29)12-25-19(27)11-6-15(2)3/h7-10,14-15H,5-6,11-13H2,1-4H3,(H,25,27)(H,26,28). The van der Waals surface area contributed by atoms with Crippen molar-refractivity contribution in [2.45, 2.75) is 33.6 Å². The number of thiophene rings is 1. The fraction of sp³-hybridized carbons (Fsp3) is 0.417. The van der Waals surface area contributed by atoms with E-state index in [1.807, 2.05) is 13.8 Å². The molecule has 2 amide bonds. The van der Waals surface area contributed by atoms with Crippen molar-refractivity contribution in [1.29, 1.82) is 0 Å². The summed E-state index contributed by atoms with van der Waals surface area (Å²) in [5, 5.41) is 7.09. The van der Waals surface area contributed by atoms with E-state index in [1.165, 1.54) is 0 Å². The summed E-state index contributed by atoms with van der Waals surface area (Å²) in [5.41, 5.74) is 1.57. The third-order valence-corrected chi connectivity index (χ3v) is 5.56. The number of hydrogen-bond acceptors (Lipinski definition) is 8. The first-order valence-corrected chi connectivity index (χ1v) is 11.8. The minimum Gasteiger partial charge on any atom is -0.497 e. The molecule has 34 heavy (non-hydrogen) atoms. The number of ether oxygens (including phenoxy) is 3. The van der Waals surface area contributed by atoms with E-state index in [4.69, 9.17) is 14.2 Å². The smallest absolute Gasteiger partial charge is 0.341 e. The number of rotatable bonds is 12. The minimum absolute atomic E-state index is 0.171. The Kier molecular flexibility index (Phi) is 10.5. The predicted octanol–water partition coefficient (Wildman–Crippen LogP) is 3.63. The molecule has 0 aliphatic carbocycles. The van der Waals surface area contributed by atoms with Gasteiger partial charge in [0.05, 0.1) is 13.7 Å². The summed E-state index contributed by atoms with van der Waals surface area (Å²) in [5.74, 6) is -1.13. The molecule has 0 radical (unpaired) electrons. The zero-order valence-electron chi connectivity index (χ0n) is 19.8. The molecule has 0 bridgehead atoms. The van der Waals surface area contributed by atoms with E-state index in [0.717, 1.165) is 16.9 Å². The monoisotopic (exact) mass is 490 g/mol. The molecule has 2 N–H and O–H groups in total. The number of methoxy groups -OCH3 is 1. The van der Waals surface area contributed by atoms with Gasteiger partial charge in [0.2, 0.25) is 5.91 Å². The van der Waals surface area contributed by atoms with Gasteiger partial charge in [0, 0.05) is 17.4 Å². The number of amides is 2. The van der Waals surface area contributed by atoms with Crippen molar-refractivity contribution >= 4 is 40.1 Å². The topological polar surface area (TPSA) is 120 Å². The molecule has 9 nitrogen and oxygen atoms in total. The van der Waals surface area contributed by atoms with Gasteiger partial charge in [-0.05, 0) is 37.0 Å². The zero-order chi connectivity index (χ0) is 25.1. The molecule has 0 fully saturated rings. The second-order valence-electron chi connectivity index (χ2n) is 7.72. The zero-order valence-corrected chi connectivity index (χ0v) is 20.6. The molecular formula is C24H30N2O7S. The predicted molar refractivity (Wildman–Crippen MR) is 129 cm³/mol. The van der Waals surface area contributed by atoms with Crippen LogP contribution in [0.25, 0.3) is 11.1 Å². The first kappa shape index (κ1) is 26.8. The molecule has 1 aromatic heterocycles. The highest BCUT2D eigenvalue weighted by Crippen LogP contribution is 2.36. The van der Waals surface area contributed by atoms with E-state index in [-0.39, 0.29) is 29.6 Å². The van der Waals surface area contributed by atoms with Gasteiger partial charge >= 0.3 is 11.9 Å². The van der Waals surface area contributed by atoms with Gasteiger partial charge in [-0.2, -0.15) is 0 Å². The van der Waals surface area contributed by atoms with E-state index < -0.39 is 24.5 Å². The lowest BCUT2D eigenvalue weighted by molar-refractivity contribution is -0.147. The van der Waals surface area contributed by atoms with E-state index in [9.17, 15) is 19.2 Å². The van der Waals surface area contributed by atoms with Crippen LogP contribution in [0.2, 0.25) is 0 Å². The van der Waals surface area contributed by atoms with Crippen LogP contribution in [0, 0.1) is 5.92 Å². The summed E-state index contributed by atoms with van der Waals surface area (Å²) >= 11 is 1.16. The average Bonchev–Trinajstić information content (AvgIpc) is 3.23. The first-order valence-electron chi connectivity index (χ1n) is 10.9. The Bertz CT molecular complexity index is 999. The van der Waals surface area contributed by atoms with Crippen molar-refractivity contribution in [2.75, 3.05) is 32.2 Å². The van der Waals surface area contributed by atoms with Gasteiger partial charge in [-0.3, -0.25) is 14.4 Å².